The van der Waals surface area contributed by atoms with Gasteiger partial charge in [0.2, 0.25) is 0 Å². The molecule has 450 valence electrons. The lowest BCUT2D eigenvalue weighted by Gasteiger charge is -2.42. The van der Waals surface area contributed by atoms with Crippen molar-refractivity contribution < 1.29 is 26.7 Å². The summed E-state index contributed by atoms with van der Waals surface area (Å²) in [6.45, 7) is 33.1. The van der Waals surface area contributed by atoms with Crippen LogP contribution in [0, 0.1) is 0 Å². The van der Waals surface area contributed by atoms with Crippen molar-refractivity contribution in [2.24, 2.45) is 0 Å². The Kier molecular flexibility index (Phi) is 10.4. The highest BCUT2D eigenvalue weighted by Crippen LogP contribution is 2.54. The Hall–Kier alpha value is -8.67. The molecule has 0 atom stereocenters. The number of rotatable bonds is 9. The second-order valence-corrected chi connectivity index (χ2v) is 29.6. The zero-order valence-electron chi connectivity index (χ0n) is 70.2. The van der Waals surface area contributed by atoms with Gasteiger partial charge in [0.15, 0.2) is 0 Å². The highest BCUT2D eigenvalue weighted by Gasteiger charge is 2.39. The van der Waals surface area contributed by atoms with Crippen LogP contribution in [-0.2, 0) is 32.5 Å². The first kappa shape index (κ1) is 43.1. The maximum absolute atomic E-state index is 10.6. The number of hydrogen-bond donors (Lipinski definition) is 0. The second kappa shape index (κ2) is 21.5. The highest BCUT2D eigenvalue weighted by atomic mass is 16.5. The predicted molar refractivity (Wildman–Crippen MR) is 379 cm³/mol. The molecule has 9 aromatic carbocycles. The molecule has 13 rings (SSSR count). The minimum Gasteiger partial charge on any atom is -0.457 e. The van der Waals surface area contributed by atoms with E-state index in [0.29, 0.717) is 78.4 Å². The molecule has 0 spiro atoms. The number of nitrogens with zero attached hydrogens (tertiary/aromatic N) is 4. The molecule has 0 radical (unpaired) electrons. The maximum Gasteiger partial charge on any atom is 0.137 e. The topological polar surface area (TPSA) is 33.5 Å². The molecule has 1 aliphatic carbocycles. The fraction of sp³-hybridized carbons (Fsp3) is 0.298. The van der Waals surface area contributed by atoms with Gasteiger partial charge in [-0.2, -0.15) is 0 Å². The Bertz CT molecular complexity index is 5470. The first-order valence-electron chi connectivity index (χ1n) is 38.9. The number of aromatic nitrogens is 2. The lowest BCUT2D eigenvalue weighted by Crippen LogP contribution is -2.33. The SMILES string of the molecule is [2H]c1c([2H])c([2H])c(-c2cnc(-n3c4cc(Oc5cccc(N6CN(c7c(-c8c([2H])c([2H])c(-c9ccc(C(C)(C)C)cc9C(C)(C)C)c([2H])c8[2H])cc(C(C)(C)C)cc7-c7c([2H])c([2H])c8c(c7[2H])C(C)(C)CCC8(C)C)c7ccccc76)c5)ccc4c4c([2H])c([2H])c([2H])c([2H])c43)cc2C(C)(C)C)c([2H])c1[2H]. The molecule has 0 N–H and O–H groups in total. The Morgan fingerprint density at radius 2 is 1.03 bits per heavy atom. The van der Waals surface area contributed by atoms with Gasteiger partial charge in [0.05, 0.1) is 50.0 Å². The number of benzene rings is 9. The normalized spacial score (nSPS) is 17.5. The van der Waals surface area contributed by atoms with Crippen LogP contribution in [0.5, 0.6) is 11.5 Å². The van der Waals surface area contributed by atoms with Gasteiger partial charge in [-0.15, -0.1) is 0 Å². The number of pyridine rings is 1. The third kappa shape index (κ3) is 10.9. The lowest BCUT2D eigenvalue weighted by molar-refractivity contribution is 0.332. The van der Waals surface area contributed by atoms with E-state index in [1.807, 2.05) is 87.5 Å². The Balaban J connectivity index is 1.000. The minimum atomic E-state index is -0.722. The predicted octanol–water partition coefficient (Wildman–Crippen LogP) is 23.4. The average molecular weight is 1190 g/mol. The van der Waals surface area contributed by atoms with Crippen molar-refractivity contribution in [1.29, 1.82) is 0 Å². The number of ether oxygens (including phenoxy) is 1. The fourth-order valence-corrected chi connectivity index (χ4v) is 12.8. The van der Waals surface area contributed by atoms with Crippen molar-refractivity contribution in [3.63, 3.8) is 0 Å². The first-order chi connectivity index (χ1) is 48.8. The molecule has 0 bridgehead atoms. The zero-order valence-corrected chi connectivity index (χ0v) is 54.2. The van der Waals surface area contributed by atoms with Crippen LogP contribution >= 0.6 is 0 Å². The molecule has 1 aliphatic heterocycles. The van der Waals surface area contributed by atoms with Gasteiger partial charge in [-0.3, -0.25) is 4.57 Å². The van der Waals surface area contributed by atoms with Crippen molar-refractivity contribution in [2.45, 2.75) is 156 Å². The molecule has 5 heteroatoms. The third-order valence-electron chi connectivity index (χ3n) is 18.1. The van der Waals surface area contributed by atoms with E-state index in [-0.39, 0.29) is 105 Å². The Morgan fingerprint density at radius 3 is 1.71 bits per heavy atom. The van der Waals surface area contributed by atoms with E-state index in [1.54, 1.807) is 34.9 Å². The Morgan fingerprint density at radius 1 is 0.449 bits per heavy atom. The van der Waals surface area contributed by atoms with E-state index in [9.17, 15) is 12.3 Å². The molecule has 0 saturated carbocycles. The quantitative estimate of drug-likeness (QED) is 0.144. The van der Waals surface area contributed by atoms with Crippen LogP contribution in [-0.4, -0.2) is 16.2 Å². The number of para-hydroxylation sites is 3. The summed E-state index contributed by atoms with van der Waals surface area (Å²) in [6, 6.07) is 27.5. The first-order valence-corrected chi connectivity index (χ1v) is 30.9. The van der Waals surface area contributed by atoms with Gasteiger partial charge in [-0.25, -0.2) is 4.98 Å². The molecule has 0 fully saturated rings. The van der Waals surface area contributed by atoms with E-state index in [0.717, 1.165) is 35.2 Å². The monoisotopic (exact) mass is 1180 g/mol. The van der Waals surface area contributed by atoms with Gasteiger partial charge < -0.3 is 14.5 Å². The van der Waals surface area contributed by atoms with Gasteiger partial charge >= 0.3 is 0 Å². The van der Waals surface area contributed by atoms with Crippen molar-refractivity contribution >= 4 is 44.6 Å². The van der Waals surface area contributed by atoms with E-state index in [1.165, 1.54) is 6.20 Å². The fourth-order valence-electron chi connectivity index (χ4n) is 12.8. The summed E-state index contributed by atoms with van der Waals surface area (Å²) in [5.74, 6) is 0.960. The Labute approximate surface area is 552 Å². The molecule has 3 heterocycles. The lowest BCUT2D eigenvalue weighted by atomic mass is 9.63. The molecule has 2 aromatic heterocycles. The number of fused-ring (bicyclic) bond motifs is 5. The molecule has 0 unspecified atom stereocenters. The van der Waals surface area contributed by atoms with Crippen LogP contribution in [0.25, 0.3) is 72.1 Å². The summed E-state index contributed by atoms with van der Waals surface area (Å²) in [5, 5.41) is 0.704. The van der Waals surface area contributed by atoms with Crippen LogP contribution in [0.1, 0.15) is 179 Å². The summed E-state index contributed by atoms with van der Waals surface area (Å²) in [6.07, 6.45) is 2.95. The summed E-state index contributed by atoms with van der Waals surface area (Å²) in [5.41, 5.74) is 6.73. The van der Waals surface area contributed by atoms with E-state index in [4.69, 9.17) is 19.3 Å². The molecule has 0 amide bonds. The maximum atomic E-state index is 10.6. The standard InChI is InChI=1S/C84H88N4O/c1-79(2,3)58-38-40-63(70(48-58)81(7,8)9)55-33-35-56(36-34-55)66-46-59(80(4,5)6)47-67(57-37-42-69-72(45-57)84(15,16)44-43-83(69,13)14)78(66)87-53-86(74-31-22-23-32-75(74)87)60-27-24-28-61(49-60)89-62-39-41-65-64-29-20-21-30-73(64)88(76(65)50-62)77-51-71(82(10,11)12)68(52-85-77)54-25-18-17-19-26-54/h17-42,45-52H,43-44,53H2,1-16H3/i17D,18D,19D,20D,21D,25D,26D,29D,30D,33D,34D,35D,36D,37D,42D,45D. The van der Waals surface area contributed by atoms with Crippen LogP contribution in [0.4, 0.5) is 22.7 Å². The summed E-state index contributed by atoms with van der Waals surface area (Å²) in [4.78, 5) is 9.04. The summed E-state index contributed by atoms with van der Waals surface area (Å²) < 4.78 is 160. The molecule has 11 aromatic rings. The van der Waals surface area contributed by atoms with Gasteiger partial charge in [0.25, 0.3) is 0 Å². The zero-order chi connectivity index (χ0) is 76.7. The molecule has 89 heavy (non-hydrogen) atoms. The van der Waals surface area contributed by atoms with Gasteiger partial charge in [0, 0.05) is 51.5 Å². The van der Waals surface area contributed by atoms with Crippen molar-refractivity contribution in [3.8, 4) is 61.8 Å². The largest absolute Gasteiger partial charge is 0.457 e. The molecular weight excluding hydrogens is 1080 g/mol. The van der Waals surface area contributed by atoms with Crippen LogP contribution in [0.15, 0.2) is 206 Å². The van der Waals surface area contributed by atoms with Crippen LogP contribution in [0.3, 0.4) is 0 Å². The summed E-state index contributed by atoms with van der Waals surface area (Å²) in [7, 11) is 0. The van der Waals surface area contributed by atoms with Crippen LogP contribution in [0.2, 0.25) is 0 Å². The number of anilines is 4. The molecule has 5 nitrogen and oxygen atoms in total. The third-order valence-corrected chi connectivity index (χ3v) is 18.1. The smallest absolute Gasteiger partial charge is 0.137 e. The van der Waals surface area contributed by atoms with Crippen molar-refractivity contribution in [2.75, 3.05) is 16.5 Å². The molecule has 2 aliphatic rings. The number of hydrogen-bond acceptors (Lipinski definition) is 4. The van der Waals surface area contributed by atoms with E-state index in [2.05, 4.69) is 106 Å². The van der Waals surface area contributed by atoms with Gasteiger partial charge in [-0.1, -0.05) is 238 Å². The average Bonchev–Trinajstić information content (AvgIpc) is 1.70. The van der Waals surface area contributed by atoms with Crippen molar-refractivity contribution in [1.82, 2.24) is 9.55 Å². The van der Waals surface area contributed by atoms with Crippen molar-refractivity contribution in [3.05, 3.63) is 239 Å². The van der Waals surface area contributed by atoms with E-state index < -0.39 is 69.4 Å². The van der Waals surface area contributed by atoms with Gasteiger partial charge in [0.1, 0.15) is 24.0 Å². The molecular formula is C84H88N4O. The van der Waals surface area contributed by atoms with Gasteiger partial charge in [-0.05, 0) is 167 Å². The second-order valence-electron chi connectivity index (χ2n) is 29.6. The summed E-state index contributed by atoms with van der Waals surface area (Å²) >= 11 is 0. The van der Waals surface area contributed by atoms with E-state index >= 15 is 0 Å². The van der Waals surface area contributed by atoms with Crippen LogP contribution < -0.4 is 14.5 Å². The molecule has 0 saturated heterocycles. The highest BCUT2D eigenvalue weighted by molar-refractivity contribution is 6.09. The minimum absolute atomic E-state index is 0.0272.